The molecule has 2 aromatic heterocycles. The van der Waals surface area contributed by atoms with Gasteiger partial charge >= 0.3 is 0 Å². The van der Waals surface area contributed by atoms with Gasteiger partial charge in [0.25, 0.3) is 5.91 Å². The topological polar surface area (TPSA) is 72.8 Å². The van der Waals surface area contributed by atoms with Crippen molar-refractivity contribution in [2.75, 3.05) is 44.2 Å². The van der Waals surface area contributed by atoms with Crippen LogP contribution in [0.15, 0.2) is 48.9 Å². The molecule has 4 rings (SSSR count). The fourth-order valence-corrected chi connectivity index (χ4v) is 3.79. The normalized spacial score (nSPS) is 24.0. The summed E-state index contributed by atoms with van der Waals surface area (Å²) in [6.45, 7) is 4.40. The molecular formula is C19H23N5O2. The Labute approximate surface area is 152 Å². The minimum atomic E-state index is -0.512. The summed E-state index contributed by atoms with van der Waals surface area (Å²) in [6.07, 6.45) is 4.54. The highest BCUT2D eigenvalue weighted by Gasteiger charge is 2.38. The standard InChI is InChI=1S/C19H23N5O2/c25-17-14-24(19(26)15-4-7-20-8-5-15)13-16(17)22-9-11-23(12-10-22)18-3-1-2-6-21-18/h1-8,16-17,25H,9-14H2/t16-,17-/m0/s1. The van der Waals surface area contributed by atoms with Crippen LogP contribution in [0.25, 0.3) is 0 Å². The van der Waals surface area contributed by atoms with Crippen molar-refractivity contribution in [3.05, 3.63) is 54.5 Å². The van der Waals surface area contributed by atoms with Gasteiger partial charge in [0.15, 0.2) is 0 Å². The van der Waals surface area contributed by atoms with Gasteiger partial charge in [0.2, 0.25) is 0 Å². The number of rotatable bonds is 3. The number of piperazine rings is 1. The van der Waals surface area contributed by atoms with Gasteiger partial charge in [0, 0.05) is 63.4 Å². The summed E-state index contributed by atoms with van der Waals surface area (Å²) in [5.41, 5.74) is 0.618. The van der Waals surface area contributed by atoms with Gasteiger partial charge < -0.3 is 14.9 Å². The minimum Gasteiger partial charge on any atom is -0.390 e. The molecule has 0 aliphatic carbocycles. The molecule has 2 aromatic rings. The second kappa shape index (κ2) is 7.39. The van der Waals surface area contributed by atoms with Crippen LogP contribution in [0.4, 0.5) is 5.82 Å². The molecule has 7 nitrogen and oxygen atoms in total. The molecule has 1 N–H and O–H groups in total. The van der Waals surface area contributed by atoms with E-state index in [2.05, 4.69) is 19.8 Å². The Kier molecular flexibility index (Phi) is 4.81. The van der Waals surface area contributed by atoms with E-state index in [-0.39, 0.29) is 11.9 Å². The molecule has 2 aliphatic rings. The van der Waals surface area contributed by atoms with Crippen LogP contribution in [-0.4, -0.2) is 82.2 Å². The van der Waals surface area contributed by atoms with E-state index >= 15 is 0 Å². The summed E-state index contributed by atoms with van der Waals surface area (Å²) < 4.78 is 0. The van der Waals surface area contributed by atoms with Gasteiger partial charge in [-0.05, 0) is 24.3 Å². The van der Waals surface area contributed by atoms with Gasteiger partial charge in [-0.2, -0.15) is 0 Å². The number of aliphatic hydroxyl groups is 1. The number of carbonyl (C=O) groups excluding carboxylic acids is 1. The van der Waals surface area contributed by atoms with Crippen molar-refractivity contribution in [1.29, 1.82) is 0 Å². The summed E-state index contributed by atoms with van der Waals surface area (Å²) in [7, 11) is 0. The van der Waals surface area contributed by atoms with Crippen LogP contribution in [0, 0.1) is 0 Å². The van der Waals surface area contributed by atoms with E-state index in [0.29, 0.717) is 18.7 Å². The first-order valence-corrected chi connectivity index (χ1v) is 9.00. The zero-order valence-electron chi connectivity index (χ0n) is 14.6. The summed E-state index contributed by atoms with van der Waals surface area (Å²) >= 11 is 0. The number of β-amino-alcohol motifs (C(OH)–C–C–N with tert-alkyl or cyclic N) is 1. The highest BCUT2D eigenvalue weighted by molar-refractivity contribution is 5.94. The molecule has 7 heteroatoms. The van der Waals surface area contributed by atoms with Crippen LogP contribution in [0.3, 0.4) is 0 Å². The number of pyridine rings is 2. The van der Waals surface area contributed by atoms with Crippen LogP contribution in [0.2, 0.25) is 0 Å². The molecule has 136 valence electrons. The SMILES string of the molecule is O=C(c1ccncc1)N1C[C@H](O)[C@@H](N2CCN(c3ccccn3)CC2)C1. The lowest BCUT2D eigenvalue weighted by Gasteiger charge is -2.39. The van der Waals surface area contributed by atoms with Crippen molar-refractivity contribution in [1.82, 2.24) is 19.8 Å². The average Bonchev–Trinajstić information content (AvgIpc) is 3.10. The van der Waals surface area contributed by atoms with Gasteiger partial charge in [-0.3, -0.25) is 14.7 Å². The van der Waals surface area contributed by atoms with Crippen LogP contribution in [0.1, 0.15) is 10.4 Å². The lowest BCUT2D eigenvalue weighted by Crippen LogP contribution is -2.54. The molecule has 2 aliphatic heterocycles. The maximum Gasteiger partial charge on any atom is 0.254 e. The molecule has 2 fully saturated rings. The first-order valence-electron chi connectivity index (χ1n) is 9.00. The van der Waals surface area contributed by atoms with E-state index in [1.54, 1.807) is 29.4 Å². The van der Waals surface area contributed by atoms with E-state index in [9.17, 15) is 9.90 Å². The Morgan fingerprint density at radius 3 is 2.46 bits per heavy atom. The second-order valence-corrected chi connectivity index (χ2v) is 6.79. The largest absolute Gasteiger partial charge is 0.390 e. The Bertz CT molecular complexity index is 734. The molecule has 0 saturated carbocycles. The maximum absolute atomic E-state index is 12.6. The predicted octanol–water partition coefficient (Wildman–Crippen LogP) is 0.484. The van der Waals surface area contributed by atoms with Gasteiger partial charge in [-0.25, -0.2) is 4.98 Å². The zero-order valence-corrected chi connectivity index (χ0v) is 14.6. The number of aliphatic hydroxyl groups excluding tert-OH is 1. The second-order valence-electron chi connectivity index (χ2n) is 6.79. The van der Waals surface area contributed by atoms with E-state index < -0.39 is 6.10 Å². The van der Waals surface area contributed by atoms with Crippen molar-refractivity contribution in [3.63, 3.8) is 0 Å². The Morgan fingerprint density at radius 2 is 1.77 bits per heavy atom. The van der Waals surface area contributed by atoms with Gasteiger partial charge in [0.1, 0.15) is 5.82 Å². The van der Waals surface area contributed by atoms with Crippen LogP contribution >= 0.6 is 0 Å². The molecule has 1 amide bonds. The van der Waals surface area contributed by atoms with Crippen molar-refractivity contribution in [2.45, 2.75) is 12.1 Å². The third-order valence-electron chi connectivity index (χ3n) is 5.23. The fraction of sp³-hybridized carbons (Fsp3) is 0.421. The van der Waals surface area contributed by atoms with Crippen molar-refractivity contribution < 1.29 is 9.90 Å². The van der Waals surface area contributed by atoms with Crippen molar-refractivity contribution in [3.8, 4) is 0 Å². The molecule has 2 atom stereocenters. The fourth-order valence-electron chi connectivity index (χ4n) is 3.79. The molecule has 2 saturated heterocycles. The molecule has 0 bridgehead atoms. The lowest BCUT2D eigenvalue weighted by atomic mass is 10.1. The number of hydrogen-bond donors (Lipinski definition) is 1. The molecule has 0 radical (unpaired) electrons. The summed E-state index contributed by atoms with van der Waals surface area (Å²) in [4.78, 5) is 27.3. The van der Waals surface area contributed by atoms with Crippen LogP contribution in [-0.2, 0) is 0 Å². The Hall–Kier alpha value is -2.51. The monoisotopic (exact) mass is 353 g/mol. The first kappa shape index (κ1) is 16.9. The highest BCUT2D eigenvalue weighted by Crippen LogP contribution is 2.21. The summed E-state index contributed by atoms with van der Waals surface area (Å²) in [5.74, 6) is 0.953. The van der Waals surface area contributed by atoms with E-state index in [1.807, 2.05) is 24.4 Å². The molecule has 0 unspecified atom stereocenters. The van der Waals surface area contributed by atoms with Crippen LogP contribution in [0.5, 0.6) is 0 Å². The Balaban J connectivity index is 1.36. The number of nitrogens with zero attached hydrogens (tertiary/aromatic N) is 5. The van der Waals surface area contributed by atoms with Gasteiger partial charge in [-0.1, -0.05) is 6.07 Å². The number of hydrogen-bond acceptors (Lipinski definition) is 6. The number of aromatic nitrogens is 2. The smallest absolute Gasteiger partial charge is 0.254 e. The van der Waals surface area contributed by atoms with E-state index in [0.717, 1.165) is 32.0 Å². The average molecular weight is 353 g/mol. The third-order valence-corrected chi connectivity index (χ3v) is 5.23. The highest BCUT2D eigenvalue weighted by atomic mass is 16.3. The van der Waals surface area contributed by atoms with Crippen molar-refractivity contribution >= 4 is 11.7 Å². The van der Waals surface area contributed by atoms with Crippen LogP contribution < -0.4 is 4.90 Å². The number of carbonyl (C=O) groups is 1. The number of amides is 1. The minimum absolute atomic E-state index is 0.00771. The molecule has 0 aromatic carbocycles. The van der Waals surface area contributed by atoms with E-state index in [1.165, 1.54) is 0 Å². The molecule has 0 spiro atoms. The molecular weight excluding hydrogens is 330 g/mol. The maximum atomic E-state index is 12.6. The lowest BCUT2D eigenvalue weighted by molar-refractivity contribution is 0.0754. The van der Waals surface area contributed by atoms with Crippen molar-refractivity contribution in [2.24, 2.45) is 0 Å². The van der Waals surface area contributed by atoms with E-state index in [4.69, 9.17) is 0 Å². The number of likely N-dealkylation sites (tertiary alicyclic amines) is 1. The summed E-state index contributed by atoms with van der Waals surface area (Å²) in [5, 5.41) is 10.5. The first-order chi connectivity index (χ1) is 12.7. The Morgan fingerprint density at radius 1 is 1.00 bits per heavy atom. The molecule has 4 heterocycles. The third kappa shape index (κ3) is 3.40. The zero-order chi connectivity index (χ0) is 17.9. The predicted molar refractivity (Wildman–Crippen MR) is 98.0 cm³/mol. The summed E-state index contributed by atoms with van der Waals surface area (Å²) in [6, 6.07) is 9.36. The number of anilines is 1. The quantitative estimate of drug-likeness (QED) is 0.866. The van der Waals surface area contributed by atoms with Gasteiger partial charge in [-0.15, -0.1) is 0 Å². The molecule has 26 heavy (non-hydrogen) atoms. The van der Waals surface area contributed by atoms with Gasteiger partial charge in [0.05, 0.1) is 12.1 Å².